The molecule has 1 atom stereocenters. The molecule has 1 unspecified atom stereocenters. The standard InChI is InChI=1S/C13H9.C9H7.2CH3.2ClH.H4Si.Zr/c1-3-7-12-10(5-1)9-11-6-2-4-8-13(11)12;1-2-5-9-7-3-6-8(9)4-1;;;;;;/h1-9H;1-7H;2*1H3;2*1H;1H4;/q;;;;;;;+2/p-2. The van der Waals surface area contributed by atoms with Crippen molar-refractivity contribution in [3.8, 4) is 11.1 Å². The fourth-order valence-electron chi connectivity index (χ4n) is 5.03. The second kappa shape index (κ2) is 8.84. The van der Waals surface area contributed by atoms with Crippen LogP contribution < -0.4 is 24.8 Å². The summed E-state index contributed by atoms with van der Waals surface area (Å²) in [5.74, 6) is 0. The van der Waals surface area contributed by atoms with Gasteiger partial charge >= 0.3 is 155 Å². The zero-order chi connectivity index (χ0) is 17.0. The van der Waals surface area contributed by atoms with Gasteiger partial charge in [-0.15, -0.1) is 0 Å². The molecule has 3 aromatic carbocycles. The molecular weight excluding hydrogens is 478 g/mol. The van der Waals surface area contributed by atoms with Gasteiger partial charge < -0.3 is 24.8 Å². The van der Waals surface area contributed by atoms with Crippen molar-refractivity contribution < 1.29 is 45.1 Å². The van der Waals surface area contributed by atoms with Gasteiger partial charge in [0, 0.05) is 0 Å². The molecule has 0 nitrogen and oxygen atoms in total. The summed E-state index contributed by atoms with van der Waals surface area (Å²) in [4.78, 5) is 0. The van der Waals surface area contributed by atoms with Crippen LogP contribution in [0.25, 0.3) is 17.2 Å². The van der Waals surface area contributed by atoms with E-state index in [-0.39, 0.29) is 35.8 Å². The maximum Gasteiger partial charge on any atom is -0.0149 e. The van der Waals surface area contributed by atoms with Crippen molar-refractivity contribution in [2.75, 3.05) is 0 Å². The number of hydrogen-bond donors (Lipinski definition) is 0. The van der Waals surface area contributed by atoms with E-state index in [0.717, 1.165) is 0 Å². The van der Waals surface area contributed by atoms with E-state index in [2.05, 4.69) is 94.2 Å². The summed E-state index contributed by atoms with van der Waals surface area (Å²) < 4.78 is 6.57. The van der Waals surface area contributed by atoms with E-state index in [0.29, 0.717) is 7.25 Å². The molecule has 2 aliphatic rings. The molecule has 0 saturated heterocycles. The maximum absolute atomic E-state index is 2.65. The first kappa shape index (κ1) is 23.4. The fourth-order valence-corrected chi connectivity index (χ4v) is 15.2. The Labute approximate surface area is 189 Å². The molecule has 0 aromatic heterocycles. The van der Waals surface area contributed by atoms with Gasteiger partial charge in [-0.1, -0.05) is 0 Å². The first-order valence-corrected chi connectivity index (χ1v) is 16.9. The van der Waals surface area contributed by atoms with Crippen molar-refractivity contribution in [1.82, 2.24) is 0 Å². The average molecular weight is 505 g/mol. The van der Waals surface area contributed by atoms with Crippen LogP contribution in [0.1, 0.15) is 29.5 Å². The van der Waals surface area contributed by atoms with Crippen molar-refractivity contribution in [1.29, 1.82) is 0 Å². The first-order valence-electron chi connectivity index (χ1n) is 9.13. The van der Waals surface area contributed by atoms with Crippen molar-refractivity contribution in [2.24, 2.45) is 0 Å². The number of halogens is 2. The van der Waals surface area contributed by atoms with Gasteiger partial charge in [-0.3, -0.25) is 0 Å². The van der Waals surface area contributed by atoms with Gasteiger partial charge in [-0.25, -0.2) is 0 Å². The monoisotopic (exact) mass is 502 g/mol. The van der Waals surface area contributed by atoms with Crippen LogP contribution in [0.15, 0.2) is 78.9 Å². The van der Waals surface area contributed by atoms with E-state index < -0.39 is 20.3 Å². The Kier molecular flexibility index (Phi) is 7.37. The van der Waals surface area contributed by atoms with Crippen LogP contribution in [0, 0.1) is 0 Å². The van der Waals surface area contributed by atoms with Crippen molar-refractivity contribution in [3.63, 3.8) is 0 Å². The van der Waals surface area contributed by atoms with Gasteiger partial charge in [-0.05, 0) is 11.0 Å². The number of rotatable bonds is 2. The van der Waals surface area contributed by atoms with Crippen LogP contribution in [0.3, 0.4) is 0 Å². The second-order valence-electron chi connectivity index (χ2n) is 7.89. The van der Waals surface area contributed by atoms with Gasteiger partial charge in [0.2, 0.25) is 0 Å². The van der Waals surface area contributed by atoms with Gasteiger partial charge in [0.1, 0.15) is 0 Å². The maximum atomic E-state index is 2.65. The molecule has 5 rings (SSSR count). The fraction of sp³-hybridized carbons (Fsp3) is 0.167. The summed E-state index contributed by atoms with van der Waals surface area (Å²) in [5.41, 5.74) is 9.05. The molecule has 3 aromatic rings. The summed E-state index contributed by atoms with van der Waals surface area (Å²) in [5, 5.41) is 0. The average Bonchev–Trinajstić information content (AvgIpc) is 3.22. The summed E-state index contributed by atoms with van der Waals surface area (Å²) in [6.07, 6.45) is 4.86. The third kappa shape index (κ3) is 3.43. The molecule has 28 heavy (non-hydrogen) atoms. The molecule has 0 fully saturated rings. The largest absolute Gasteiger partial charge is 1.00 e. The Bertz CT molecular complexity index is 967. The topological polar surface area (TPSA) is 0 Å². The van der Waals surface area contributed by atoms with Crippen molar-refractivity contribution >= 4 is 17.0 Å². The Morgan fingerprint density at radius 1 is 0.643 bits per heavy atom. The molecule has 144 valence electrons. The molecule has 0 spiro atoms. The third-order valence-electron chi connectivity index (χ3n) is 6.18. The van der Waals surface area contributed by atoms with Crippen LogP contribution in [0.5, 0.6) is 0 Å². The predicted molar refractivity (Wildman–Crippen MR) is 115 cm³/mol. The van der Waals surface area contributed by atoms with Crippen molar-refractivity contribution in [2.45, 2.75) is 16.5 Å². The Morgan fingerprint density at radius 2 is 1.11 bits per heavy atom. The summed E-state index contributed by atoms with van der Waals surface area (Å²) >= 11 is -2.59. The zero-order valence-corrected chi connectivity index (χ0v) is 19.5. The van der Waals surface area contributed by atoms with Crippen LogP contribution in [0.4, 0.5) is 0 Å². The van der Waals surface area contributed by atoms with E-state index in [9.17, 15) is 0 Å². The third-order valence-corrected chi connectivity index (χ3v) is 16.5. The summed E-state index contributed by atoms with van der Waals surface area (Å²) in [6.45, 7) is 0. The Balaban J connectivity index is 0.000000934. The van der Waals surface area contributed by atoms with E-state index in [1.54, 1.807) is 16.7 Å². The molecule has 0 radical (unpaired) electrons. The first-order chi connectivity index (χ1) is 12.2. The normalized spacial score (nSPS) is 15.6. The zero-order valence-electron chi connectivity index (χ0n) is 15.5. The molecule has 2 aliphatic carbocycles. The van der Waals surface area contributed by atoms with Gasteiger partial charge in [0.25, 0.3) is 0 Å². The van der Waals surface area contributed by atoms with Gasteiger partial charge in [0.05, 0.1) is 0 Å². The van der Waals surface area contributed by atoms with E-state index in [1.165, 1.54) is 16.7 Å². The minimum Gasteiger partial charge on any atom is -1.00 e. The van der Waals surface area contributed by atoms with Crippen LogP contribution in [-0.4, -0.2) is 11.0 Å². The quantitative estimate of drug-likeness (QED) is 0.407. The minimum absolute atomic E-state index is 0. The molecule has 0 N–H and O–H groups in total. The summed E-state index contributed by atoms with van der Waals surface area (Å²) in [7, 11) is 0. The minimum atomic E-state index is -2.59. The number of allylic oxidation sites excluding steroid dienone is 1. The molecule has 0 saturated carbocycles. The molecular formula is C24H26Cl2SiZr. The van der Waals surface area contributed by atoms with Gasteiger partial charge in [0.15, 0.2) is 0 Å². The van der Waals surface area contributed by atoms with Gasteiger partial charge in [-0.2, -0.15) is 0 Å². The van der Waals surface area contributed by atoms with E-state index >= 15 is 0 Å². The van der Waals surface area contributed by atoms with Crippen molar-refractivity contribution in [3.05, 3.63) is 101 Å². The van der Waals surface area contributed by atoms with Crippen LogP contribution in [-0.2, 0) is 20.3 Å². The van der Waals surface area contributed by atoms with E-state index in [1.807, 2.05) is 0 Å². The molecule has 4 heteroatoms. The Hall–Kier alpha value is -0.920. The number of fused-ring (bicyclic) bond motifs is 4. The molecule has 0 aliphatic heterocycles. The van der Waals surface area contributed by atoms with Crippen LogP contribution >= 0.6 is 0 Å². The summed E-state index contributed by atoms with van der Waals surface area (Å²) in [6, 6.07) is 27.2. The SMILES string of the molecule is [CH3][Zr+2]([CH3])([CH]1C=Cc2ccccc21)[CH]1c2ccccc2-c2ccccc21.[Cl-].[Cl-].[SiH4]. The second-order valence-corrected chi connectivity index (χ2v) is 19.8. The Morgan fingerprint density at radius 3 is 1.68 bits per heavy atom. The molecule has 0 amide bonds. The van der Waals surface area contributed by atoms with E-state index in [4.69, 9.17) is 0 Å². The smallest absolute Gasteiger partial charge is 0.0149 e. The predicted octanol–water partition coefficient (Wildman–Crippen LogP) is -0.669. The number of hydrogen-bond acceptors (Lipinski definition) is 0. The number of benzene rings is 3. The molecule has 0 bridgehead atoms. The molecule has 0 heterocycles. The van der Waals surface area contributed by atoms with Crippen LogP contribution in [0.2, 0.25) is 9.26 Å².